The molecule has 3 nitrogen and oxygen atoms in total. The second kappa shape index (κ2) is 6.00. The van der Waals surface area contributed by atoms with Crippen molar-refractivity contribution >= 4 is 33.0 Å². The minimum Gasteiger partial charge on any atom is -0.212 e. The van der Waals surface area contributed by atoms with Crippen molar-refractivity contribution in [2.45, 2.75) is 13.5 Å². The summed E-state index contributed by atoms with van der Waals surface area (Å²) in [4.78, 5) is 0. The van der Waals surface area contributed by atoms with Crippen LogP contribution in [0.15, 0.2) is 16.8 Å². The van der Waals surface area contributed by atoms with Gasteiger partial charge in [-0.1, -0.05) is 6.92 Å². The number of halogens is 1. The average molecular weight is 282 g/mol. The van der Waals surface area contributed by atoms with Crippen LogP contribution in [0, 0.1) is 5.92 Å². The quantitative estimate of drug-likeness (QED) is 0.751. The van der Waals surface area contributed by atoms with Crippen LogP contribution in [0.5, 0.6) is 0 Å². The van der Waals surface area contributed by atoms with Gasteiger partial charge < -0.3 is 0 Å². The molecule has 0 aliphatic carbocycles. The van der Waals surface area contributed by atoms with E-state index in [0.717, 1.165) is 5.56 Å². The van der Waals surface area contributed by atoms with E-state index in [1.807, 2.05) is 23.8 Å². The lowest BCUT2D eigenvalue weighted by molar-refractivity contribution is 0.460. The van der Waals surface area contributed by atoms with Crippen LogP contribution in [0.4, 0.5) is 0 Å². The molecule has 0 amide bonds. The lowest BCUT2D eigenvalue weighted by atomic mass is 10.3. The van der Waals surface area contributed by atoms with Crippen molar-refractivity contribution in [3.63, 3.8) is 0 Å². The molecule has 92 valence electrons. The maximum absolute atomic E-state index is 11.9. The SMILES string of the molecule is CC(CCl)CS(=O)(=O)N(C)Cc1ccsc1. The Bertz CT molecular complexity index is 402. The van der Waals surface area contributed by atoms with Gasteiger partial charge in [0.1, 0.15) is 0 Å². The third kappa shape index (κ3) is 4.05. The van der Waals surface area contributed by atoms with Crippen LogP contribution in [0.1, 0.15) is 12.5 Å². The molecule has 1 heterocycles. The molecule has 0 radical (unpaired) electrons. The maximum atomic E-state index is 11.9. The minimum absolute atomic E-state index is 0.0170. The van der Waals surface area contributed by atoms with Crippen LogP contribution in [-0.2, 0) is 16.6 Å². The number of sulfonamides is 1. The van der Waals surface area contributed by atoms with E-state index in [4.69, 9.17) is 11.6 Å². The standard InChI is InChI=1S/C10H16ClNO2S2/c1-9(5-11)8-16(13,14)12(2)6-10-3-4-15-7-10/h3-4,7,9H,5-6,8H2,1-2H3. The van der Waals surface area contributed by atoms with Gasteiger partial charge in [0.15, 0.2) is 0 Å². The lowest BCUT2D eigenvalue weighted by Crippen LogP contribution is -2.31. The van der Waals surface area contributed by atoms with Crippen molar-refractivity contribution in [2.75, 3.05) is 18.7 Å². The zero-order valence-corrected chi connectivity index (χ0v) is 11.8. The van der Waals surface area contributed by atoms with Crippen LogP contribution in [0.3, 0.4) is 0 Å². The van der Waals surface area contributed by atoms with Crippen molar-refractivity contribution in [2.24, 2.45) is 5.92 Å². The van der Waals surface area contributed by atoms with Gasteiger partial charge in [-0.3, -0.25) is 0 Å². The summed E-state index contributed by atoms with van der Waals surface area (Å²) in [5.41, 5.74) is 1.02. The largest absolute Gasteiger partial charge is 0.214 e. The summed E-state index contributed by atoms with van der Waals surface area (Å²) in [6.45, 7) is 2.27. The maximum Gasteiger partial charge on any atom is 0.214 e. The lowest BCUT2D eigenvalue weighted by Gasteiger charge is -2.18. The van der Waals surface area contributed by atoms with E-state index in [-0.39, 0.29) is 11.7 Å². The summed E-state index contributed by atoms with van der Waals surface area (Å²) in [5.74, 6) is 0.458. The smallest absolute Gasteiger partial charge is 0.212 e. The number of hydrogen-bond donors (Lipinski definition) is 0. The van der Waals surface area contributed by atoms with E-state index < -0.39 is 10.0 Å². The highest BCUT2D eigenvalue weighted by molar-refractivity contribution is 7.89. The summed E-state index contributed by atoms with van der Waals surface area (Å²) in [6.07, 6.45) is 0. The number of alkyl halides is 1. The van der Waals surface area contributed by atoms with E-state index in [1.54, 1.807) is 18.4 Å². The second-order valence-electron chi connectivity index (χ2n) is 3.93. The van der Waals surface area contributed by atoms with Gasteiger partial charge in [0.25, 0.3) is 0 Å². The Morgan fingerprint density at radius 2 is 2.25 bits per heavy atom. The van der Waals surface area contributed by atoms with E-state index in [2.05, 4.69) is 0 Å². The van der Waals surface area contributed by atoms with E-state index in [0.29, 0.717) is 12.4 Å². The Morgan fingerprint density at radius 3 is 2.75 bits per heavy atom. The Labute approximate surface area is 106 Å². The van der Waals surface area contributed by atoms with Crippen molar-refractivity contribution in [1.82, 2.24) is 4.31 Å². The molecule has 0 aromatic carbocycles. The fraction of sp³-hybridized carbons (Fsp3) is 0.600. The normalized spacial score (nSPS) is 14.2. The van der Waals surface area contributed by atoms with Crippen LogP contribution in [0.25, 0.3) is 0 Å². The van der Waals surface area contributed by atoms with Crippen molar-refractivity contribution in [3.8, 4) is 0 Å². The number of thiophene rings is 1. The first kappa shape index (κ1) is 14.0. The molecule has 0 saturated carbocycles. The molecule has 0 bridgehead atoms. The van der Waals surface area contributed by atoms with E-state index >= 15 is 0 Å². The van der Waals surface area contributed by atoms with Gasteiger partial charge in [0, 0.05) is 19.5 Å². The fourth-order valence-corrected chi connectivity index (χ4v) is 3.60. The zero-order chi connectivity index (χ0) is 12.2. The average Bonchev–Trinajstić information content (AvgIpc) is 2.69. The molecule has 1 rings (SSSR count). The first-order chi connectivity index (χ1) is 7.45. The molecule has 0 fully saturated rings. The third-order valence-corrected chi connectivity index (χ3v) is 5.55. The predicted molar refractivity (Wildman–Crippen MR) is 69.5 cm³/mol. The molecule has 16 heavy (non-hydrogen) atoms. The topological polar surface area (TPSA) is 37.4 Å². The van der Waals surface area contributed by atoms with Crippen molar-refractivity contribution in [3.05, 3.63) is 22.4 Å². The Morgan fingerprint density at radius 1 is 1.56 bits per heavy atom. The molecule has 0 aliphatic heterocycles. The summed E-state index contributed by atoms with van der Waals surface area (Å²) >= 11 is 7.19. The van der Waals surface area contributed by atoms with Gasteiger partial charge in [0.05, 0.1) is 5.75 Å². The first-order valence-corrected chi connectivity index (χ1v) is 8.05. The Hall–Kier alpha value is -0.100. The van der Waals surface area contributed by atoms with Gasteiger partial charge >= 0.3 is 0 Å². The molecule has 1 atom stereocenters. The van der Waals surface area contributed by atoms with Gasteiger partial charge in [-0.2, -0.15) is 11.3 Å². The molecule has 1 unspecified atom stereocenters. The van der Waals surface area contributed by atoms with Crippen LogP contribution >= 0.6 is 22.9 Å². The molecule has 0 saturated heterocycles. The third-order valence-electron chi connectivity index (χ3n) is 2.22. The van der Waals surface area contributed by atoms with E-state index in [9.17, 15) is 8.42 Å². The number of nitrogens with zero attached hydrogens (tertiary/aromatic N) is 1. The molecule has 0 N–H and O–H groups in total. The van der Waals surface area contributed by atoms with Crippen molar-refractivity contribution in [1.29, 1.82) is 0 Å². The van der Waals surface area contributed by atoms with Crippen LogP contribution < -0.4 is 0 Å². The van der Waals surface area contributed by atoms with Crippen LogP contribution in [-0.4, -0.2) is 31.4 Å². The number of hydrogen-bond acceptors (Lipinski definition) is 3. The second-order valence-corrected chi connectivity index (χ2v) is 7.13. The highest BCUT2D eigenvalue weighted by Crippen LogP contribution is 2.13. The molecule has 1 aromatic rings. The summed E-state index contributed by atoms with van der Waals surface area (Å²) in [7, 11) is -1.59. The van der Waals surface area contributed by atoms with Gasteiger partial charge in [0.2, 0.25) is 10.0 Å². The van der Waals surface area contributed by atoms with Gasteiger partial charge in [-0.05, 0) is 28.3 Å². The summed E-state index contributed by atoms with van der Waals surface area (Å²) < 4.78 is 25.2. The highest BCUT2D eigenvalue weighted by Gasteiger charge is 2.20. The van der Waals surface area contributed by atoms with Crippen molar-refractivity contribution < 1.29 is 8.42 Å². The molecular weight excluding hydrogens is 266 g/mol. The fourth-order valence-electron chi connectivity index (χ4n) is 1.27. The summed E-state index contributed by atoms with van der Waals surface area (Å²) in [5, 5.41) is 3.90. The number of rotatable bonds is 6. The van der Waals surface area contributed by atoms with Crippen LogP contribution in [0.2, 0.25) is 0 Å². The molecule has 0 spiro atoms. The van der Waals surface area contributed by atoms with Gasteiger partial charge in [-0.25, -0.2) is 12.7 Å². The molecule has 1 aromatic heterocycles. The summed E-state index contributed by atoms with van der Waals surface area (Å²) in [6, 6.07) is 1.93. The molecule has 6 heteroatoms. The minimum atomic E-state index is -3.19. The molecular formula is C10H16ClNO2S2. The molecule has 0 aliphatic rings. The zero-order valence-electron chi connectivity index (χ0n) is 9.39. The Balaban J connectivity index is 2.62. The predicted octanol–water partition coefficient (Wildman–Crippen LogP) is 2.38. The van der Waals surface area contributed by atoms with E-state index in [1.165, 1.54) is 4.31 Å². The monoisotopic (exact) mass is 281 g/mol. The first-order valence-electron chi connectivity index (χ1n) is 4.96. The van der Waals surface area contributed by atoms with Gasteiger partial charge in [-0.15, -0.1) is 11.6 Å². The highest BCUT2D eigenvalue weighted by atomic mass is 35.5. The Kier molecular flexibility index (Phi) is 5.24.